The van der Waals surface area contributed by atoms with Crippen LogP contribution in [0, 0.1) is 5.92 Å². The maximum Gasteiger partial charge on any atom is 0.501 e. The fraction of sp³-hybridized carbons (Fsp3) is 0.326. The van der Waals surface area contributed by atoms with Gasteiger partial charge in [-0.3, -0.25) is 4.79 Å². The van der Waals surface area contributed by atoms with Crippen molar-refractivity contribution < 1.29 is 39.9 Å². The van der Waals surface area contributed by atoms with E-state index < -0.39 is 58.9 Å². The van der Waals surface area contributed by atoms with Crippen LogP contribution in [-0.2, 0) is 19.9 Å². The van der Waals surface area contributed by atoms with Crippen molar-refractivity contribution in [2.75, 3.05) is 42.7 Å². The number of alkyl halides is 3. The number of amides is 1. The number of anilines is 2. The van der Waals surface area contributed by atoms with E-state index in [9.17, 15) is 39.9 Å². The van der Waals surface area contributed by atoms with Gasteiger partial charge < -0.3 is 20.2 Å². The van der Waals surface area contributed by atoms with E-state index in [0.717, 1.165) is 58.8 Å². The molecular weight excluding hydrogens is 893 g/mol. The predicted octanol–water partition coefficient (Wildman–Crippen LogP) is 9.43. The van der Waals surface area contributed by atoms with Crippen LogP contribution in [0.4, 0.5) is 24.5 Å². The van der Waals surface area contributed by atoms with Gasteiger partial charge in [0.1, 0.15) is 4.90 Å². The fourth-order valence-electron chi connectivity index (χ4n) is 8.28. The summed E-state index contributed by atoms with van der Waals surface area (Å²) in [5, 5.41) is 15.1. The van der Waals surface area contributed by atoms with Gasteiger partial charge in [0.25, 0.3) is 25.8 Å². The SMILES string of the molecule is CN1CCC[C@H]1C[C@H](CSc1ccccc1)Nc1ccc(S(=O)(=O)NC(=O)c2ccc(N3CCC([C@@H](O)c4ccccc4-c4ccc(Cl)cc4)CC3)cc2)cc1S(=O)(=O)C(F)(F)F. The van der Waals surface area contributed by atoms with Gasteiger partial charge in [0.15, 0.2) is 0 Å². The van der Waals surface area contributed by atoms with Crippen molar-refractivity contribution in [3.05, 3.63) is 137 Å². The van der Waals surface area contributed by atoms with Crippen LogP contribution in [-0.4, -0.2) is 82.8 Å². The van der Waals surface area contributed by atoms with Crippen molar-refractivity contribution in [3.63, 3.8) is 0 Å². The number of benzene rings is 5. The van der Waals surface area contributed by atoms with Crippen molar-refractivity contribution in [2.24, 2.45) is 5.92 Å². The van der Waals surface area contributed by atoms with Gasteiger partial charge in [-0.15, -0.1) is 11.8 Å². The number of carbonyl (C=O) groups excluding carboxylic acids is 1. The number of halogens is 4. The summed E-state index contributed by atoms with van der Waals surface area (Å²) >= 11 is 7.56. The van der Waals surface area contributed by atoms with Crippen molar-refractivity contribution in [1.82, 2.24) is 9.62 Å². The van der Waals surface area contributed by atoms with E-state index in [0.29, 0.717) is 49.2 Å². The van der Waals surface area contributed by atoms with Crippen LogP contribution in [0.2, 0.25) is 5.02 Å². The molecule has 0 spiro atoms. The number of piperidine rings is 1. The molecule has 5 aromatic rings. The summed E-state index contributed by atoms with van der Waals surface area (Å²) in [6.45, 7) is 2.08. The Balaban J connectivity index is 1.03. The van der Waals surface area contributed by atoms with E-state index in [1.54, 1.807) is 12.1 Å². The molecule has 0 bridgehead atoms. The van der Waals surface area contributed by atoms with Gasteiger partial charge in [0, 0.05) is 52.1 Å². The number of rotatable bonds is 15. The number of carbonyl (C=O) groups is 1. The highest BCUT2D eigenvalue weighted by atomic mass is 35.5. The number of nitrogens with one attached hydrogen (secondary N) is 2. The van der Waals surface area contributed by atoms with E-state index in [1.165, 1.54) is 23.9 Å². The molecule has 3 N–H and O–H groups in total. The number of aliphatic hydroxyl groups excluding tert-OH is 1. The summed E-state index contributed by atoms with van der Waals surface area (Å²) < 4.78 is 97.5. The second-order valence-electron chi connectivity index (χ2n) is 15.9. The molecule has 2 aliphatic rings. The average molecular weight is 942 g/mol. The maximum absolute atomic E-state index is 14.2. The standard InChI is InChI=1S/C46H48ClF3N4O6S3/c1-53-25-7-8-37(53)28-35(30-61-38-9-3-2-4-10-38)51-42-22-21-39(29-43(42)62(57,58)46(48,49)50)63(59,60)52-45(56)33-15-19-36(20-16-33)54-26-23-32(24-27-54)44(55)41-12-6-5-11-40(41)31-13-17-34(47)18-14-31/h2-6,9-22,29,32,35,37,44,51,55H,7-8,23-28,30H2,1H3,(H,52,56)/t35-,37+,44-/m1/s1. The van der Waals surface area contributed by atoms with E-state index in [1.807, 2.05) is 90.6 Å². The number of nitrogens with zero attached hydrogens (tertiary/aromatic N) is 2. The van der Waals surface area contributed by atoms with Gasteiger partial charge in [-0.05, 0) is 135 Å². The molecule has 5 aromatic carbocycles. The number of likely N-dealkylation sites (tertiary alicyclic amines) is 1. The van der Waals surface area contributed by atoms with Gasteiger partial charge in [0.2, 0.25) is 0 Å². The normalized spacial score (nSPS) is 17.6. The van der Waals surface area contributed by atoms with Crippen molar-refractivity contribution in [3.8, 4) is 11.1 Å². The first-order chi connectivity index (χ1) is 30.0. The lowest BCUT2D eigenvalue weighted by molar-refractivity contribution is -0.0435. The maximum atomic E-state index is 14.2. The van der Waals surface area contributed by atoms with E-state index in [-0.39, 0.29) is 17.5 Å². The zero-order valence-electron chi connectivity index (χ0n) is 34.3. The summed E-state index contributed by atoms with van der Waals surface area (Å²) in [7, 11) is -8.95. The number of hydrogen-bond donors (Lipinski definition) is 3. The molecule has 2 fully saturated rings. The minimum atomic E-state index is -6.05. The number of thioether (sulfide) groups is 1. The number of sulfonamides is 1. The van der Waals surface area contributed by atoms with E-state index in [2.05, 4.69) is 15.1 Å². The Morgan fingerprint density at radius 1 is 0.857 bits per heavy atom. The molecule has 2 heterocycles. The molecule has 7 rings (SSSR count). The molecule has 0 aliphatic carbocycles. The number of aliphatic hydroxyl groups is 1. The number of sulfone groups is 1. The largest absolute Gasteiger partial charge is 0.501 e. The molecular formula is C46H48ClF3N4O6S3. The first kappa shape index (κ1) is 46.4. The second kappa shape index (κ2) is 19.7. The Labute approximate surface area is 375 Å². The summed E-state index contributed by atoms with van der Waals surface area (Å²) in [5.41, 5.74) is -2.68. The van der Waals surface area contributed by atoms with Crippen LogP contribution in [0.15, 0.2) is 136 Å². The highest BCUT2D eigenvalue weighted by molar-refractivity contribution is 7.99. The van der Waals surface area contributed by atoms with Gasteiger partial charge >= 0.3 is 5.51 Å². The third-order valence-electron chi connectivity index (χ3n) is 11.8. The van der Waals surface area contributed by atoms with Crippen molar-refractivity contribution >= 4 is 60.5 Å². The van der Waals surface area contributed by atoms with Gasteiger partial charge in [-0.2, -0.15) is 13.2 Å². The van der Waals surface area contributed by atoms with E-state index >= 15 is 0 Å². The predicted molar refractivity (Wildman–Crippen MR) is 242 cm³/mol. The van der Waals surface area contributed by atoms with Crippen molar-refractivity contribution in [1.29, 1.82) is 0 Å². The molecule has 2 aliphatic heterocycles. The third-order valence-corrected chi connectivity index (χ3v) is 16.1. The Kier molecular flexibility index (Phi) is 14.5. The molecule has 0 unspecified atom stereocenters. The van der Waals surface area contributed by atoms with Crippen LogP contribution in [0.25, 0.3) is 11.1 Å². The average Bonchev–Trinajstić information content (AvgIpc) is 3.68. The van der Waals surface area contributed by atoms with Crippen LogP contribution in [0.3, 0.4) is 0 Å². The lowest BCUT2D eigenvalue weighted by Crippen LogP contribution is -2.36. The molecule has 0 aromatic heterocycles. The van der Waals surface area contributed by atoms with Gasteiger partial charge in [0.05, 0.1) is 16.7 Å². The topological polar surface area (TPSA) is 136 Å². The summed E-state index contributed by atoms with van der Waals surface area (Å²) in [6, 6.07) is 32.8. The highest BCUT2D eigenvalue weighted by Gasteiger charge is 2.48. The summed E-state index contributed by atoms with van der Waals surface area (Å²) in [5.74, 6) is -0.680. The molecule has 2 saturated heterocycles. The van der Waals surface area contributed by atoms with Gasteiger partial charge in [-0.25, -0.2) is 21.6 Å². The zero-order chi connectivity index (χ0) is 44.9. The second-order valence-corrected chi connectivity index (χ2v) is 21.1. The quantitative estimate of drug-likeness (QED) is 0.0872. The lowest BCUT2D eigenvalue weighted by atomic mass is 9.84. The molecule has 3 atom stereocenters. The summed E-state index contributed by atoms with van der Waals surface area (Å²) in [4.78, 5) is 16.4. The Bertz CT molecular complexity index is 2600. The number of hydrogen-bond acceptors (Lipinski definition) is 10. The summed E-state index contributed by atoms with van der Waals surface area (Å²) in [6.07, 6.45) is 2.98. The Morgan fingerprint density at radius 3 is 2.17 bits per heavy atom. The fourth-order valence-corrected chi connectivity index (χ4v) is 11.4. The molecule has 0 saturated carbocycles. The highest BCUT2D eigenvalue weighted by Crippen LogP contribution is 2.39. The van der Waals surface area contributed by atoms with Crippen LogP contribution < -0.4 is 14.9 Å². The molecule has 0 radical (unpaired) electrons. The molecule has 17 heteroatoms. The minimum Gasteiger partial charge on any atom is -0.388 e. The monoisotopic (exact) mass is 940 g/mol. The van der Waals surface area contributed by atoms with E-state index in [4.69, 9.17) is 11.6 Å². The third kappa shape index (κ3) is 11.0. The molecule has 334 valence electrons. The Morgan fingerprint density at radius 2 is 1.52 bits per heavy atom. The minimum absolute atomic E-state index is 0.0135. The first-order valence-corrected chi connectivity index (χ1v) is 24.9. The smallest absolute Gasteiger partial charge is 0.388 e. The van der Waals surface area contributed by atoms with Crippen LogP contribution in [0.1, 0.15) is 54.1 Å². The lowest BCUT2D eigenvalue weighted by Gasteiger charge is -2.36. The Hall–Kier alpha value is -4.58. The zero-order valence-corrected chi connectivity index (χ0v) is 37.5. The molecule has 10 nitrogen and oxygen atoms in total. The van der Waals surface area contributed by atoms with Gasteiger partial charge in [-0.1, -0.05) is 66.2 Å². The molecule has 1 amide bonds. The first-order valence-electron chi connectivity index (χ1n) is 20.6. The van der Waals surface area contributed by atoms with Crippen LogP contribution in [0.5, 0.6) is 0 Å². The van der Waals surface area contributed by atoms with Crippen molar-refractivity contribution in [2.45, 2.75) is 70.5 Å². The molecule has 63 heavy (non-hydrogen) atoms. The van der Waals surface area contributed by atoms with Crippen LogP contribution >= 0.6 is 23.4 Å².